The average molecular weight is 242 g/mol. The summed E-state index contributed by atoms with van der Waals surface area (Å²) in [6, 6.07) is 6.07. The predicted octanol–water partition coefficient (Wildman–Crippen LogP) is 3.77. The lowest BCUT2D eigenvalue weighted by Gasteiger charge is -2.16. The standard InChI is InChI=1S/C13H16F2O2/c1-9(2)10-3-5-11(6-4-10)13(14,15)8-7-12(16)17/h3-6,9H,7-8H2,1-2H3,(H,16,17). The highest BCUT2D eigenvalue weighted by atomic mass is 19.3. The van der Waals surface area contributed by atoms with Gasteiger partial charge in [-0.3, -0.25) is 4.79 Å². The molecule has 0 fully saturated rings. The van der Waals surface area contributed by atoms with Crippen molar-refractivity contribution >= 4 is 5.97 Å². The van der Waals surface area contributed by atoms with E-state index < -0.39 is 24.7 Å². The molecule has 0 saturated carbocycles. The van der Waals surface area contributed by atoms with Gasteiger partial charge in [-0.05, 0) is 11.5 Å². The summed E-state index contributed by atoms with van der Waals surface area (Å²) in [7, 11) is 0. The maximum absolute atomic E-state index is 13.6. The first kappa shape index (κ1) is 13.6. The van der Waals surface area contributed by atoms with Gasteiger partial charge < -0.3 is 5.11 Å². The first-order chi connectivity index (χ1) is 7.83. The van der Waals surface area contributed by atoms with Gasteiger partial charge in [0.25, 0.3) is 5.92 Å². The molecule has 0 aliphatic rings. The Kier molecular flexibility index (Phi) is 4.21. The highest BCUT2D eigenvalue weighted by molar-refractivity contribution is 5.66. The van der Waals surface area contributed by atoms with Gasteiger partial charge in [0, 0.05) is 12.0 Å². The Morgan fingerprint density at radius 3 is 2.24 bits per heavy atom. The van der Waals surface area contributed by atoms with Crippen LogP contribution in [0.2, 0.25) is 0 Å². The van der Waals surface area contributed by atoms with Gasteiger partial charge in [-0.1, -0.05) is 38.1 Å². The molecule has 1 aromatic carbocycles. The van der Waals surface area contributed by atoms with Gasteiger partial charge in [0.15, 0.2) is 0 Å². The van der Waals surface area contributed by atoms with Gasteiger partial charge in [0.2, 0.25) is 0 Å². The zero-order valence-electron chi connectivity index (χ0n) is 9.91. The number of carbonyl (C=O) groups is 1. The van der Waals surface area contributed by atoms with Gasteiger partial charge in [-0.15, -0.1) is 0 Å². The molecule has 0 unspecified atom stereocenters. The largest absolute Gasteiger partial charge is 0.481 e. The molecule has 0 bridgehead atoms. The normalized spacial score (nSPS) is 11.8. The maximum atomic E-state index is 13.6. The molecule has 0 aromatic heterocycles. The van der Waals surface area contributed by atoms with E-state index in [1.165, 1.54) is 12.1 Å². The lowest BCUT2D eigenvalue weighted by molar-refractivity contribution is -0.139. The SMILES string of the molecule is CC(C)c1ccc(C(F)(F)CCC(=O)O)cc1. The summed E-state index contributed by atoms with van der Waals surface area (Å²) in [6.45, 7) is 3.97. The van der Waals surface area contributed by atoms with Crippen LogP contribution in [-0.2, 0) is 10.7 Å². The van der Waals surface area contributed by atoms with Crippen LogP contribution in [0.25, 0.3) is 0 Å². The summed E-state index contributed by atoms with van der Waals surface area (Å²) in [5, 5.41) is 8.41. The molecule has 0 atom stereocenters. The van der Waals surface area contributed by atoms with E-state index in [2.05, 4.69) is 0 Å². The van der Waals surface area contributed by atoms with E-state index in [0.717, 1.165) is 5.56 Å². The van der Waals surface area contributed by atoms with E-state index in [-0.39, 0.29) is 11.5 Å². The summed E-state index contributed by atoms with van der Waals surface area (Å²) in [5.74, 6) is -3.99. The van der Waals surface area contributed by atoms with Crippen molar-refractivity contribution in [2.24, 2.45) is 0 Å². The summed E-state index contributed by atoms with van der Waals surface area (Å²) in [4.78, 5) is 10.3. The number of carboxylic acids is 1. The molecular weight excluding hydrogens is 226 g/mol. The predicted molar refractivity (Wildman–Crippen MR) is 61.3 cm³/mol. The van der Waals surface area contributed by atoms with E-state index in [0.29, 0.717) is 0 Å². The molecule has 4 heteroatoms. The molecule has 0 saturated heterocycles. The number of alkyl halides is 2. The second-order valence-corrected chi connectivity index (χ2v) is 4.37. The second kappa shape index (κ2) is 5.25. The van der Waals surface area contributed by atoms with Crippen LogP contribution in [0.1, 0.15) is 43.7 Å². The minimum Gasteiger partial charge on any atom is -0.481 e. The molecule has 94 valence electrons. The minimum absolute atomic E-state index is 0.122. The van der Waals surface area contributed by atoms with Gasteiger partial charge in [0.1, 0.15) is 0 Å². The zero-order chi connectivity index (χ0) is 13.1. The minimum atomic E-state index is -3.08. The van der Waals surface area contributed by atoms with Crippen molar-refractivity contribution in [3.8, 4) is 0 Å². The molecule has 1 aromatic rings. The highest BCUT2D eigenvalue weighted by Crippen LogP contribution is 2.33. The third kappa shape index (κ3) is 3.80. The third-order valence-electron chi connectivity index (χ3n) is 2.65. The van der Waals surface area contributed by atoms with Crippen LogP contribution in [0, 0.1) is 0 Å². The van der Waals surface area contributed by atoms with Crippen molar-refractivity contribution in [2.75, 3.05) is 0 Å². The first-order valence-electron chi connectivity index (χ1n) is 5.53. The first-order valence-corrected chi connectivity index (χ1v) is 5.53. The molecule has 0 aliphatic carbocycles. The quantitative estimate of drug-likeness (QED) is 0.853. The van der Waals surface area contributed by atoms with E-state index in [9.17, 15) is 13.6 Å². The Morgan fingerprint density at radius 1 is 1.29 bits per heavy atom. The fourth-order valence-corrected chi connectivity index (χ4v) is 1.52. The van der Waals surface area contributed by atoms with E-state index >= 15 is 0 Å². The molecule has 17 heavy (non-hydrogen) atoms. The number of halogens is 2. The summed E-state index contributed by atoms with van der Waals surface area (Å²) < 4.78 is 27.2. The summed E-state index contributed by atoms with van der Waals surface area (Å²) in [6.07, 6.45) is -1.19. The molecule has 0 heterocycles. The van der Waals surface area contributed by atoms with Crippen LogP contribution in [0.15, 0.2) is 24.3 Å². The fourth-order valence-electron chi connectivity index (χ4n) is 1.52. The van der Waals surface area contributed by atoms with Crippen molar-refractivity contribution in [1.29, 1.82) is 0 Å². The topological polar surface area (TPSA) is 37.3 Å². The maximum Gasteiger partial charge on any atom is 0.303 e. The molecular formula is C13H16F2O2. The second-order valence-electron chi connectivity index (χ2n) is 4.37. The molecule has 0 radical (unpaired) electrons. The van der Waals surface area contributed by atoms with Crippen molar-refractivity contribution in [3.63, 3.8) is 0 Å². The lowest BCUT2D eigenvalue weighted by atomic mass is 9.98. The van der Waals surface area contributed by atoms with Crippen molar-refractivity contribution in [2.45, 2.75) is 38.5 Å². The fraction of sp³-hybridized carbons (Fsp3) is 0.462. The Hall–Kier alpha value is -1.45. The molecule has 2 nitrogen and oxygen atoms in total. The molecule has 1 N–H and O–H groups in total. The number of rotatable bonds is 5. The Bertz CT molecular complexity index is 383. The van der Waals surface area contributed by atoms with Gasteiger partial charge in [0.05, 0.1) is 6.42 Å². The van der Waals surface area contributed by atoms with E-state index in [4.69, 9.17) is 5.11 Å². The number of carboxylic acid groups (broad SMARTS) is 1. The van der Waals surface area contributed by atoms with Crippen LogP contribution in [0.3, 0.4) is 0 Å². The number of aliphatic carboxylic acids is 1. The van der Waals surface area contributed by atoms with Gasteiger partial charge >= 0.3 is 5.97 Å². The number of hydrogen-bond donors (Lipinski definition) is 1. The van der Waals surface area contributed by atoms with Crippen molar-refractivity contribution < 1.29 is 18.7 Å². The summed E-state index contributed by atoms with van der Waals surface area (Å²) in [5.41, 5.74) is 0.867. The monoisotopic (exact) mass is 242 g/mol. The van der Waals surface area contributed by atoms with Crippen LogP contribution in [-0.4, -0.2) is 11.1 Å². The van der Waals surface area contributed by atoms with Crippen molar-refractivity contribution in [3.05, 3.63) is 35.4 Å². The lowest BCUT2D eigenvalue weighted by Crippen LogP contribution is -2.15. The van der Waals surface area contributed by atoms with E-state index in [1.54, 1.807) is 12.1 Å². The number of benzene rings is 1. The summed E-state index contributed by atoms with van der Waals surface area (Å²) >= 11 is 0. The molecule has 0 spiro atoms. The Balaban J connectivity index is 2.80. The van der Waals surface area contributed by atoms with Crippen LogP contribution >= 0.6 is 0 Å². The van der Waals surface area contributed by atoms with Crippen LogP contribution < -0.4 is 0 Å². The van der Waals surface area contributed by atoms with Crippen LogP contribution in [0.4, 0.5) is 8.78 Å². The third-order valence-corrected chi connectivity index (χ3v) is 2.65. The smallest absolute Gasteiger partial charge is 0.303 e. The highest BCUT2D eigenvalue weighted by Gasteiger charge is 2.31. The molecule has 0 amide bonds. The average Bonchev–Trinajstić information content (AvgIpc) is 2.27. The van der Waals surface area contributed by atoms with Crippen LogP contribution in [0.5, 0.6) is 0 Å². The number of hydrogen-bond acceptors (Lipinski definition) is 1. The van der Waals surface area contributed by atoms with Crippen molar-refractivity contribution in [1.82, 2.24) is 0 Å². The van der Waals surface area contributed by atoms with Gasteiger partial charge in [-0.2, -0.15) is 0 Å². The Labute approximate surface area is 99.3 Å². The molecule has 1 rings (SSSR count). The Morgan fingerprint density at radius 2 is 1.82 bits per heavy atom. The van der Waals surface area contributed by atoms with E-state index in [1.807, 2.05) is 13.8 Å². The molecule has 0 aliphatic heterocycles. The van der Waals surface area contributed by atoms with Gasteiger partial charge in [-0.25, -0.2) is 8.78 Å². The zero-order valence-corrected chi connectivity index (χ0v) is 9.91.